The summed E-state index contributed by atoms with van der Waals surface area (Å²) < 4.78 is 25.4. The van der Waals surface area contributed by atoms with Crippen LogP contribution in [-0.4, -0.2) is 29.0 Å². The maximum Gasteiger partial charge on any atom is 0.323 e. The van der Waals surface area contributed by atoms with Crippen LogP contribution in [0.1, 0.15) is 43.5 Å². The van der Waals surface area contributed by atoms with Gasteiger partial charge in [-0.05, 0) is 49.9 Å². The van der Waals surface area contributed by atoms with Crippen molar-refractivity contribution in [1.29, 1.82) is 0 Å². The molecule has 0 radical (unpaired) electrons. The third-order valence-corrected chi connectivity index (χ3v) is 5.95. The van der Waals surface area contributed by atoms with Gasteiger partial charge in [0.2, 0.25) is 0 Å². The van der Waals surface area contributed by atoms with Crippen LogP contribution >= 0.6 is 15.9 Å². The van der Waals surface area contributed by atoms with Crippen molar-refractivity contribution in [3.05, 3.63) is 34.8 Å². The van der Waals surface area contributed by atoms with E-state index in [0.717, 1.165) is 34.1 Å². The van der Waals surface area contributed by atoms with Crippen LogP contribution in [0.3, 0.4) is 0 Å². The minimum atomic E-state index is -0.837. The van der Waals surface area contributed by atoms with Crippen molar-refractivity contribution in [3.63, 3.8) is 0 Å². The van der Waals surface area contributed by atoms with Gasteiger partial charge in [0, 0.05) is 10.9 Å². The maximum atomic E-state index is 13.9. The van der Waals surface area contributed by atoms with Gasteiger partial charge in [0.25, 0.3) is 0 Å². The lowest BCUT2D eigenvalue weighted by Gasteiger charge is -2.39. The number of esters is 1. The zero-order valence-corrected chi connectivity index (χ0v) is 16.3. The van der Waals surface area contributed by atoms with E-state index < -0.39 is 10.4 Å². The number of H-pyrrole nitrogens is 1. The lowest BCUT2D eigenvalue weighted by molar-refractivity contribution is -0.152. The molecule has 3 rings (SSSR count). The van der Waals surface area contributed by atoms with Gasteiger partial charge in [-0.1, -0.05) is 29.3 Å². The molecule has 2 heterocycles. The Bertz CT molecular complexity index is 804. The van der Waals surface area contributed by atoms with Gasteiger partial charge >= 0.3 is 5.97 Å². The lowest BCUT2D eigenvalue weighted by Crippen LogP contribution is -2.47. The highest BCUT2D eigenvalue weighted by molar-refractivity contribution is 9.10. The molecule has 1 aliphatic rings. The molecule has 6 heteroatoms. The molecule has 1 N–H and O–H groups in total. The Balaban J connectivity index is 2.20. The van der Waals surface area contributed by atoms with E-state index in [9.17, 15) is 9.18 Å². The molecular weight excluding hydrogens is 389 g/mol. The fraction of sp³-hybridized carbons (Fsp3) is 0.526. The summed E-state index contributed by atoms with van der Waals surface area (Å²) >= 11 is 3.53. The molecule has 0 saturated carbocycles. The Hall–Kier alpha value is -1.40. The number of carbonyl (C=O) groups is 1. The minimum absolute atomic E-state index is 0.250. The third-order valence-electron chi connectivity index (χ3n) is 4.84. The van der Waals surface area contributed by atoms with E-state index in [1.54, 1.807) is 13.0 Å². The van der Waals surface area contributed by atoms with Crippen molar-refractivity contribution in [2.24, 2.45) is 0 Å². The van der Waals surface area contributed by atoms with Crippen molar-refractivity contribution in [2.75, 3.05) is 13.2 Å². The Morgan fingerprint density at radius 1 is 1.48 bits per heavy atom. The SMILES string of the molecule is CCCC1(C(Br)C(=O)OCC)OCCc2c1[nH]c1c(C)cc(F)cc21. The van der Waals surface area contributed by atoms with Gasteiger partial charge in [0.1, 0.15) is 16.2 Å². The average Bonchev–Trinajstić information content (AvgIpc) is 2.95. The summed E-state index contributed by atoms with van der Waals surface area (Å²) in [5, 5.41) is 0.875. The molecule has 0 bridgehead atoms. The number of aromatic amines is 1. The summed E-state index contributed by atoms with van der Waals surface area (Å²) in [6, 6.07) is 3.08. The largest absolute Gasteiger partial charge is 0.465 e. The maximum absolute atomic E-state index is 13.9. The zero-order valence-electron chi connectivity index (χ0n) is 14.7. The van der Waals surface area contributed by atoms with E-state index in [1.165, 1.54) is 6.07 Å². The van der Waals surface area contributed by atoms with E-state index in [0.29, 0.717) is 26.1 Å². The molecule has 0 spiro atoms. The Kier molecular flexibility index (Phi) is 5.21. The topological polar surface area (TPSA) is 51.3 Å². The molecular formula is C19H23BrFNO3. The van der Waals surface area contributed by atoms with Gasteiger partial charge in [-0.2, -0.15) is 0 Å². The highest BCUT2D eigenvalue weighted by Gasteiger charge is 2.49. The Morgan fingerprint density at radius 2 is 2.24 bits per heavy atom. The Labute approximate surface area is 155 Å². The second-order valence-electron chi connectivity index (χ2n) is 6.48. The van der Waals surface area contributed by atoms with Crippen molar-refractivity contribution in [3.8, 4) is 0 Å². The smallest absolute Gasteiger partial charge is 0.323 e. The first-order chi connectivity index (χ1) is 11.9. The monoisotopic (exact) mass is 411 g/mol. The molecule has 1 aromatic heterocycles. The summed E-state index contributed by atoms with van der Waals surface area (Å²) in [4.78, 5) is 15.3. The van der Waals surface area contributed by atoms with Crippen molar-refractivity contribution < 1.29 is 18.7 Å². The fourth-order valence-corrected chi connectivity index (χ4v) is 4.53. The number of nitrogens with one attached hydrogen (secondary N) is 1. The summed E-state index contributed by atoms with van der Waals surface area (Å²) in [6.07, 6.45) is 2.18. The summed E-state index contributed by atoms with van der Waals surface area (Å²) in [5.74, 6) is -0.592. The predicted molar refractivity (Wildman–Crippen MR) is 98.6 cm³/mol. The number of halogens is 2. The summed E-state index contributed by atoms with van der Waals surface area (Å²) in [7, 11) is 0. The van der Waals surface area contributed by atoms with Gasteiger partial charge in [-0.3, -0.25) is 4.79 Å². The van der Waals surface area contributed by atoms with Gasteiger partial charge in [-0.15, -0.1) is 0 Å². The van der Waals surface area contributed by atoms with Crippen LogP contribution in [-0.2, 0) is 26.3 Å². The van der Waals surface area contributed by atoms with Gasteiger partial charge in [-0.25, -0.2) is 4.39 Å². The number of aryl methyl sites for hydroxylation is 1. The van der Waals surface area contributed by atoms with Gasteiger partial charge in [0.15, 0.2) is 0 Å². The summed E-state index contributed by atoms with van der Waals surface area (Å²) in [6.45, 7) is 6.51. The van der Waals surface area contributed by atoms with Crippen LogP contribution < -0.4 is 0 Å². The van der Waals surface area contributed by atoms with Crippen molar-refractivity contribution in [2.45, 2.75) is 50.5 Å². The number of aromatic nitrogens is 1. The lowest BCUT2D eigenvalue weighted by atomic mass is 9.84. The first kappa shape index (κ1) is 18.4. The van der Waals surface area contributed by atoms with E-state index in [1.807, 2.05) is 6.92 Å². The number of fused-ring (bicyclic) bond motifs is 3. The molecule has 25 heavy (non-hydrogen) atoms. The number of hydrogen-bond acceptors (Lipinski definition) is 3. The molecule has 2 unspecified atom stereocenters. The molecule has 1 aromatic carbocycles. The normalized spacial score (nSPS) is 21.2. The van der Waals surface area contributed by atoms with Crippen LogP contribution in [0.4, 0.5) is 4.39 Å². The molecule has 4 nitrogen and oxygen atoms in total. The molecule has 0 fully saturated rings. The fourth-order valence-electron chi connectivity index (χ4n) is 3.81. The second-order valence-corrected chi connectivity index (χ2v) is 7.39. The number of hydrogen-bond donors (Lipinski definition) is 1. The number of alkyl halides is 1. The molecule has 2 aromatic rings. The van der Waals surface area contributed by atoms with Crippen LogP contribution in [0.2, 0.25) is 0 Å². The van der Waals surface area contributed by atoms with Crippen molar-refractivity contribution >= 4 is 32.8 Å². The van der Waals surface area contributed by atoms with Gasteiger partial charge in [0.05, 0.1) is 18.9 Å². The van der Waals surface area contributed by atoms with Crippen LogP contribution in [0.15, 0.2) is 12.1 Å². The Morgan fingerprint density at radius 3 is 2.92 bits per heavy atom. The minimum Gasteiger partial charge on any atom is -0.465 e. The van der Waals surface area contributed by atoms with Crippen LogP contribution in [0.5, 0.6) is 0 Å². The van der Waals surface area contributed by atoms with Gasteiger partial charge < -0.3 is 14.5 Å². The first-order valence-electron chi connectivity index (χ1n) is 8.70. The molecule has 136 valence electrons. The highest BCUT2D eigenvalue weighted by Crippen LogP contribution is 2.45. The molecule has 2 atom stereocenters. The number of rotatable bonds is 5. The highest BCUT2D eigenvalue weighted by atomic mass is 79.9. The quantitative estimate of drug-likeness (QED) is 0.581. The van der Waals surface area contributed by atoms with Crippen molar-refractivity contribution in [1.82, 2.24) is 4.98 Å². The molecule has 0 aliphatic carbocycles. The average molecular weight is 412 g/mol. The second kappa shape index (κ2) is 7.08. The van der Waals surface area contributed by atoms with E-state index >= 15 is 0 Å². The van der Waals surface area contributed by atoms with Crippen LogP contribution in [0, 0.1) is 12.7 Å². The third kappa shape index (κ3) is 2.99. The van der Waals surface area contributed by atoms with E-state index in [2.05, 4.69) is 27.8 Å². The molecule has 0 saturated heterocycles. The number of carbonyl (C=O) groups excluding carboxylic acids is 1. The van der Waals surface area contributed by atoms with Crippen LogP contribution in [0.25, 0.3) is 10.9 Å². The molecule has 0 amide bonds. The summed E-state index contributed by atoms with van der Waals surface area (Å²) in [5.41, 5.74) is 2.81. The van der Waals surface area contributed by atoms with E-state index in [-0.39, 0.29) is 11.8 Å². The zero-order chi connectivity index (χ0) is 18.2. The number of benzene rings is 1. The van der Waals surface area contributed by atoms with E-state index in [4.69, 9.17) is 9.47 Å². The predicted octanol–water partition coefficient (Wildman–Crippen LogP) is 4.51. The molecule has 1 aliphatic heterocycles. The number of ether oxygens (including phenoxy) is 2. The first-order valence-corrected chi connectivity index (χ1v) is 9.62. The standard InChI is InChI=1S/C19H23BrFNO3/c1-4-7-19(16(20)18(23)24-5-2)17-13(6-8-25-19)14-10-12(21)9-11(3)15(14)22-17/h9-10,16,22H,4-8H2,1-3H3.